The van der Waals surface area contributed by atoms with Crippen molar-refractivity contribution >= 4 is 48.9 Å². The van der Waals surface area contributed by atoms with Crippen molar-refractivity contribution in [3.63, 3.8) is 0 Å². The number of sulfonamides is 1. The van der Waals surface area contributed by atoms with E-state index in [2.05, 4.69) is 9.71 Å². The molecule has 25 heavy (non-hydrogen) atoms. The number of thiazole rings is 1. The standard InChI is InChI=1S/C16H14N2O4S3/c19-16(22-9-14-17-11-3-1-2-4-12(11)24-14)15-13(7-8-23-15)25(20,21)18-10-5-6-10/h1-4,7-8,10,18H,5-6,9H2. The zero-order chi connectivity index (χ0) is 17.4. The van der Waals surface area contributed by atoms with Crippen LogP contribution in [0.15, 0.2) is 40.6 Å². The molecule has 0 spiro atoms. The van der Waals surface area contributed by atoms with Gasteiger partial charge in [-0.05, 0) is 36.4 Å². The van der Waals surface area contributed by atoms with E-state index in [0.717, 1.165) is 34.4 Å². The molecule has 1 saturated carbocycles. The Morgan fingerprint density at radius 3 is 2.84 bits per heavy atom. The molecule has 6 nitrogen and oxygen atoms in total. The van der Waals surface area contributed by atoms with E-state index in [1.54, 1.807) is 5.38 Å². The quantitative estimate of drug-likeness (QED) is 0.649. The summed E-state index contributed by atoms with van der Waals surface area (Å²) < 4.78 is 33.6. The minimum Gasteiger partial charge on any atom is -0.454 e. The van der Waals surface area contributed by atoms with Gasteiger partial charge < -0.3 is 4.74 Å². The Morgan fingerprint density at radius 2 is 2.08 bits per heavy atom. The van der Waals surface area contributed by atoms with Gasteiger partial charge in [-0.25, -0.2) is 22.9 Å². The van der Waals surface area contributed by atoms with Crippen molar-refractivity contribution in [2.75, 3.05) is 0 Å². The van der Waals surface area contributed by atoms with Crippen LogP contribution in [0, 0.1) is 0 Å². The van der Waals surface area contributed by atoms with Gasteiger partial charge in [0.2, 0.25) is 10.0 Å². The third kappa shape index (κ3) is 3.59. The predicted molar refractivity (Wildman–Crippen MR) is 96.4 cm³/mol. The molecule has 1 aromatic carbocycles. The summed E-state index contributed by atoms with van der Waals surface area (Å²) in [7, 11) is -3.69. The summed E-state index contributed by atoms with van der Waals surface area (Å²) in [6.07, 6.45) is 1.67. The van der Waals surface area contributed by atoms with Gasteiger partial charge in [0.1, 0.15) is 21.4 Å². The number of esters is 1. The third-order valence-electron chi connectivity index (χ3n) is 3.67. The van der Waals surface area contributed by atoms with Crippen molar-refractivity contribution in [3.8, 4) is 0 Å². The van der Waals surface area contributed by atoms with Crippen LogP contribution < -0.4 is 4.72 Å². The van der Waals surface area contributed by atoms with Crippen molar-refractivity contribution in [2.24, 2.45) is 0 Å². The predicted octanol–water partition coefficient (Wildman–Crippen LogP) is 3.16. The molecular weight excluding hydrogens is 380 g/mol. The molecule has 0 bridgehead atoms. The summed E-state index contributed by atoms with van der Waals surface area (Å²) in [5.74, 6) is -0.648. The van der Waals surface area contributed by atoms with Crippen LogP contribution in [0.5, 0.6) is 0 Å². The number of ether oxygens (including phenoxy) is 1. The number of carbonyl (C=O) groups excluding carboxylic acids is 1. The van der Waals surface area contributed by atoms with E-state index in [9.17, 15) is 13.2 Å². The second kappa shape index (κ2) is 6.49. The molecule has 130 valence electrons. The molecule has 0 unspecified atom stereocenters. The lowest BCUT2D eigenvalue weighted by atomic mass is 10.3. The lowest BCUT2D eigenvalue weighted by Gasteiger charge is -2.06. The van der Waals surface area contributed by atoms with Crippen LogP contribution in [0.4, 0.5) is 0 Å². The number of carbonyl (C=O) groups is 1. The van der Waals surface area contributed by atoms with Crippen LogP contribution in [0.2, 0.25) is 0 Å². The summed E-state index contributed by atoms with van der Waals surface area (Å²) in [4.78, 5) is 16.8. The fourth-order valence-electron chi connectivity index (χ4n) is 2.32. The summed E-state index contributed by atoms with van der Waals surface area (Å²) in [5, 5.41) is 2.25. The Hall–Kier alpha value is -1.81. The number of aromatic nitrogens is 1. The van der Waals surface area contributed by atoms with Crippen molar-refractivity contribution in [1.82, 2.24) is 9.71 Å². The molecule has 0 amide bonds. The van der Waals surface area contributed by atoms with Gasteiger partial charge in [0.05, 0.1) is 10.2 Å². The van der Waals surface area contributed by atoms with Gasteiger partial charge in [-0.1, -0.05) is 12.1 Å². The zero-order valence-corrected chi connectivity index (χ0v) is 15.4. The largest absolute Gasteiger partial charge is 0.454 e. The number of hydrogen-bond donors (Lipinski definition) is 1. The smallest absolute Gasteiger partial charge is 0.350 e. The number of para-hydroxylation sites is 1. The lowest BCUT2D eigenvalue weighted by Crippen LogP contribution is -2.26. The van der Waals surface area contributed by atoms with E-state index in [1.165, 1.54) is 17.4 Å². The Morgan fingerprint density at radius 1 is 1.28 bits per heavy atom. The number of rotatable bonds is 6. The highest BCUT2D eigenvalue weighted by atomic mass is 32.2. The second-order valence-electron chi connectivity index (χ2n) is 5.66. The first-order valence-electron chi connectivity index (χ1n) is 7.64. The maximum Gasteiger partial charge on any atom is 0.350 e. The molecule has 0 radical (unpaired) electrons. The molecule has 4 rings (SSSR count). The van der Waals surface area contributed by atoms with Gasteiger partial charge >= 0.3 is 5.97 Å². The fraction of sp³-hybridized carbons (Fsp3) is 0.250. The Labute approximate surface area is 152 Å². The molecule has 1 fully saturated rings. The van der Waals surface area contributed by atoms with Crippen LogP contribution in [-0.4, -0.2) is 25.4 Å². The van der Waals surface area contributed by atoms with E-state index >= 15 is 0 Å². The Balaban J connectivity index is 1.49. The average Bonchev–Trinajstić information content (AvgIpc) is 3.12. The normalized spacial score (nSPS) is 14.7. The molecule has 2 heterocycles. The van der Waals surface area contributed by atoms with E-state index < -0.39 is 16.0 Å². The van der Waals surface area contributed by atoms with Gasteiger partial charge in [0.15, 0.2) is 0 Å². The minimum atomic E-state index is -3.69. The van der Waals surface area contributed by atoms with Crippen LogP contribution >= 0.6 is 22.7 Å². The van der Waals surface area contributed by atoms with E-state index in [1.807, 2.05) is 24.3 Å². The maximum absolute atomic E-state index is 12.3. The monoisotopic (exact) mass is 394 g/mol. The summed E-state index contributed by atoms with van der Waals surface area (Å²) >= 11 is 2.51. The molecule has 9 heteroatoms. The van der Waals surface area contributed by atoms with Crippen molar-refractivity contribution in [1.29, 1.82) is 0 Å². The van der Waals surface area contributed by atoms with Crippen molar-refractivity contribution < 1.29 is 17.9 Å². The van der Waals surface area contributed by atoms with E-state index in [0.29, 0.717) is 5.01 Å². The summed E-state index contributed by atoms with van der Waals surface area (Å²) in [6.45, 7) is 0.0195. The highest BCUT2D eigenvalue weighted by molar-refractivity contribution is 7.89. The molecule has 0 atom stereocenters. The second-order valence-corrected chi connectivity index (χ2v) is 9.37. The molecular formula is C16H14N2O4S3. The first-order chi connectivity index (χ1) is 12.0. The number of thiophene rings is 1. The van der Waals surface area contributed by atoms with Gasteiger partial charge in [-0.15, -0.1) is 22.7 Å². The Bertz CT molecular complexity index is 1000. The number of nitrogens with one attached hydrogen (secondary N) is 1. The highest BCUT2D eigenvalue weighted by Crippen LogP contribution is 2.28. The van der Waals surface area contributed by atoms with Crippen LogP contribution in [0.1, 0.15) is 27.5 Å². The Kier molecular flexibility index (Phi) is 4.32. The molecule has 0 saturated heterocycles. The topological polar surface area (TPSA) is 85.4 Å². The van der Waals surface area contributed by atoms with E-state index in [4.69, 9.17) is 4.74 Å². The van der Waals surface area contributed by atoms with Crippen molar-refractivity contribution in [2.45, 2.75) is 30.4 Å². The lowest BCUT2D eigenvalue weighted by molar-refractivity contribution is 0.0474. The first-order valence-corrected chi connectivity index (χ1v) is 10.8. The molecule has 1 aliphatic carbocycles. The van der Waals surface area contributed by atoms with Gasteiger partial charge in [0, 0.05) is 6.04 Å². The summed E-state index contributed by atoms with van der Waals surface area (Å²) in [6, 6.07) is 9.08. The fourth-order valence-corrected chi connectivity index (χ4v) is 5.81. The summed E-state index contributed by atoms with van der Waals surface area (Å²) in [5.41, 5.74) is 0.853. The number of hydrogen-bond acceptors (Lipinski definition) is 7. The van der Waals surface area contributed by atoms with Gasteiger partial charge in [0.25, 0.3) is 0 Å². The van der Waals surface area contributed by atoms with Crippen molar-refractivity contribution in [3.05, 3.63) is 45.6 Å². The van der Waals surface area contributed by atoms with E-state index in [-0.39, 0.29) is 22.4 Å². The number of benzene rings is 1. The minimum absolute atomic E-state index is 0.0151. The first kappa shape index (κ1) is 16.6. The number of fused-ring (bicyclic) bond motifs is 1. The van der Waals surface area contributed by atoms with Crippen LogP contribution in [-0.2, 0) is 21.4 Å². The third-order valence-corrected chi connectivity index (χ3v) is 7.26. The maximum atomic E-state index is 12.3. The molecule has 2 aromatic heterocycles. The molecule has 3 aromatic rings. The molecule has 0 aliphatic heterocycles. The SMILES string of the molecule is O=C(OCc1nc2ccccc2s1)c1sccc1S(=O)(=O)NC1CC1. The zero-order valence-electron chi connectivity index (χ0n) is 13.0. The van der Waals surface area contributed by atoms with Crippen LogP contribution in [0.25, 0.3) is 10.2 Å². The highest BCUT2D eigenvalue weighted by Gasteiger charge is 2.31. The molecule has 1 aliphatic rings. The van der Waals surface area contributed by atoms with Gasteiger partial charge in [-0.2, -0.15) is 0 Å². The molecule has 1 N–H and O–H groups in total. The van der Waals surface area contributed by atoms with Gasteiger partial charge in [-0.3, -0.25) is 0 Å². The average molecular weight is 394 g/mol. The van der Waals surface area contributed by atoms with Crippen LogP contribution in [0.3, 0.4) is 0 Å². The number of nitrogens with zero attached hydrogens (tertiary/aromatic N) is 1.